The van der Waals surface area contributed by atoms with E-state index in [2.05, 4.69) is 15.6 Å². The van der Waals surface area contributed by atoms with Crippen molar-refractivity contribution in [2.24, 2.45) is 10.9 Å². The molecule has 5 nitrogen and oxygen atoms in total. The number of unbranched alkanes of at least 4 members (excludes halogenated alkanes) is 1. The van der Waals surface area contributed by atoms with Gasteiger partial charge in [0.05, 0.1) is 5.75 Å². The number of aliphatic imine (C=N–C) groups is 1. The summed E-state index contributed by atoms with van der Waals surface area (Å²) in [5.41, 5.74) is 0. The molecule has 0 spiro atoms. The highest BCUT2D eigenvalue weighted by atomic mass is 32.2. The maximum absolute atomic E-state index is 11.0. The predicted molar refractivity (Wildman–Crippen MR) is 84.9 cm³/mol. The standard InChI is InChI=1S/C14H29N3O2S/c1-15-14(17-11-12-20(2,18)19)16-10-6-5-9-13-7-3-4-8-13/h13H,3-12H2,1-2H3,(H2,15,16,17). The summed E-state index contributed by atoms with van der Waals surface area (Å²) in [7, 11) is -1.21. The van der Waals surface area contributed by atoms with E-state index in [-0.39, 0.29) is 5.75 Å². The molecular weight excluding hydrogens is 274 g/mol. The van der Waals surface area contributed by atoms with Gasteiger partial charge in [0.15, 0.2) is 5.96 Å². The predicted octanol–water partition coefficient (Wildman–Crippen LogP) is 1.56. The van der Waals surface area contributed by atoms with E-state index in [0.29, 0.717) is 12.5 Å². The smallest absolute Gasteiger partial charge is 0.191 e. The van der Waals surface area contributed by atoms with Gasteiger partial charge in [-0.25, -0.2) is 8.42 Å². The summed E-state index contributed by atoms with van der Waals surface area (Å²) in [5.74, 6) is 1.78. The van der Waals surface area contributed by atoms with Crippen LogP contribution in [0.1, 0.15) is 44.9 Å². The van der Waals surface area contributed by atoms with Gasteiger partial charge in [-0.1, -0.05) is 38.5 Å². The lowest BCUT2D eigenvalue weighted by molar-refractivity contribution is 0.472. The first kappa shape index (κ1) is 17.3. The number of hydrogen-bond donors (Lipinski definition) is 2. The second-order valence-corrected chi connectivity index (χ2v) is 7.96. The molecule has 0 aromatic carbocycles. The Balaban J connectivity index is 2.03. The van der Waals surface area contributed by atoms with Crippen LogP contribution in [0.4, 0.5) is 0 Å². The molecule has 0 bridgehead atoms. The van der Waals surface area contributed by atoms with Gasteiger partial charge in [0.1, 0.15) is 9.84 Å². The Hall–Kier alpha value is -0.780. The fraction of sp³-hybridized carbons (Fsp3) is 0.929. The van der Waals surface area contributed by atoms with Gasteiger partial charge in [-0.2, -0.15) is 0 Å². The van der Waals surface area contributed by atoms with Crippen LogP contribution in [0.3, 0.4) is 0 Å². The Morgan fingerprint density at radius 2 is 1.80 bits per heavy atom. The number of hydrogen-bond acceptors (Lipinski definition) is 3. The molecule has 0 aromatic heterocycles. The summed E-state index contributed by atoms with van der Waals surface area (Å²) >= 11 is 0. The molecule has 0 aromatic rings. The van der Waals surface area contributed by atoms with E-state index < -0.39 is 9.84 Å². The van der Waals surface area contributed by atoms with Gasteiger partial charge in [-0.05, 0) is 12.3 Å². The molecule has 0 amide bonds. The lowest BCUT2D eigenvalue weighted by Crippen LogP contribution is -2.39. The highest BCUT2D eigenvalue weighted by molar-refractivity contribution is 7.90. The van der Waals surface area contributed by atoms with E-state index in [4.69, 9.17) is 0 Å². The van der Waals surface area contributed by atoms with E-state index >= 15 is 0 Å². The van der Waals surface area contributed by atoms with Crippen LogP contribution in [0, 0.1) is 5.92 Å². The SMILES string of the molecule is CN=C(NCCCCC1CCCC1)NCCS(C)(=O)=O. The Morgan fingerprint density at radius 3 is 2.40 bits per heavy atom. The summed E-state index contributed by atoms with van der Waals surface area (Å²) in [6, 6.07) is 0. The molecule has 0 heterocycles. The highest BCUT2D eigenvalue weighted by Gasteiger charge is 2.13. The minimum atomic E-state index is -2.91. The topological polar surface area (TPSA) is 70.6 Å². The van der Waals surface area contributed by atoms with Crippen molar-refractivity contribution in [3.05, 3.63) is 0 Å². The van der Waals surface area contributed by atoms with Crippen molar-refractivity contribution in [1.82, 2.24) is 10.6 Å². The monoisotopic (exact) mass is 303 g/mol. The normalized spacial score (nSPS) is 17.4. The van der Waals surface area contributed by atoms with Crippen LogP contribution in [-0.4, -0.2) is 46.5 Å². The third-order valence-corrected chi connectivity index (χ3v) is 4.74. The lowest BCUT2D eigenvalue weighted by Gasteiger charge is -2.12. The van der Waals surface area contributed by atoms with Gasteiger partial charge in [0.2, 0.25) is 0 Å². The summed E-state index contributed by atoms with van der Waals surface area (Å²) in [6.45, 7) is 1.30. The highest BCUT2D eigenvalue weighted by Crippen LogP contribution is 2.28. The van der Waals surface area contributed by atoms with E-state index in [1.165, 1.54) is 44.8 Å². The van der Waals surface area contributed by atoms with Crippen molar-refractivity contribution in [3.63, 3.8) is 0 Å². The third-order valence-electron chi connectivity index (χ3n) is 3.80. The first-order chi connectivity index (χ1) is 9.51. The molecule has 2 N–H and O–H groups in total. The first-order valence-corrected chi connectivity index (χ1v) is 9.69. The second-order valence-electron chi connectivity index (χ2n) is 5.70. The van der Waals surface area contributed by atoms with Crippen LogP contribution in [0.15, 0.2) is 4.99 Å². The van der Waals surface area contributed by atoms with E-state index in [1.54, 1.807) is 7.05 Å². The zero-order valence-corrected chi connectivity index (χ0v) is 13.6. The van der Waals surface area contributed by atoms with Crippen molar-refractivity contribution >= 4 is 15.8 Å². The van der Waals surface area contributed by atoms with Gasteiger partial charge in [-0.3, -0.25) is 4.99 Å². The molecule has 1 fully saturated rings. The maximum atomic E-state index is 11.0. The molecule has 1 saturated carbocycles. The summed E-state index contributed by atoms with van der Waals surface area (Å²) in [6.07, 6.45) is 10.7. The van der Waals surface area contributed by atoms with Gasteiger partial charge >= 0.3 is 0 Å². The zero-order valence-electron chi connectivity index (χ0n) is 12.8. The fourth-order valence-electron chi connectivity index (χ4n) is 2.64. The minimum Gasteiger partial charge on any atom is -0.356 e. The summed E-state index contributed by atoms with van der Waals surface area (Å²) < 4.78 is 22.1. The lowest BCUT2D eigenvalue weighted by atomic mass is 10.0. The zero-order chi connectivity index (χ0) is 14.8. The van der Waals surface area contributed by atoms with Crippen molar-refractivity contribution < 1.29 is 8.42 Å². The minimum absolute atomic E-state index is 0.134. The Kier molecular flexibility index (Phi) is 7.95. The van der Waals surface area contributed by atoms with Gasteiger partial charge in [0, 0.05) is 26.4 Å². The number of guanidine groups is 1. The third kappa shape index (κ3) is 8.40. The van der Waals surface area contributed by atoms with Gasteiger partial charge < -0.3 is 10.6 Å². The summed E-state index contributed by atoms with van der Waals surface area (Å²) in [5, 5.41) is 6.24. The van der Waals surface area contributed by atoms with Crippen molar-refractivity contribution in [1.29, 1.82) is 0 Å². The van der Waals surface area contributed by atoms with Crippen LogP contribution < -0.4 is 10.6 Å². The van der Waals surface area contributed by atoms with E-state index in [9.17, 15) is 8.42 Å². The van der Waals surface area contributed by atoms with Crippen LogP contribution >= 0.6 is 0 Å². The van der Waals surface area contributed by atoms with Gasteiger partial charge in [-0.15, -0.1) is 0 Å². The molecule has 20 heavy (non-hydrogen) atoms. The Labute approximate surface area is 123 Å². The van der Waals surface area contributed by atoms with Crippen LogP contribution in [-0.2, 0) is 9.84 Å². The molecule has 0 atom stereocenters. The molecular formula is C14H29N3O2S. The van der Waals surface area contributed by atoms with Crippen LogP contribution in [0.5, 0.6) is 0 Å². The van der Waals surface area contributed by atoms with Crippen LogP contribution in [0.25, 0.3) is 0 Å². The Bertz CT molecular complexity index is 387. The number of sulfone groups is 1. The maximum Gasteiger partial charge on any atom is 0.191 e. The molecule has 0 saturated heterocycles. The van der Waals surface area contributed by atoms with Crippen LogP contribution in [0.2, 0.25) is 0 Å². The average Bonchev–Trinajstić information content (AvgIpc) is 2.88. The van der Waals surface area contributed by atoms with Crippen molar-refractivity contribution in [2.45, 2.75) is 44.9 Å². The molecule has 6 heteroatoms. The molecule has 0 unspecified atom stereocenters. The number of nitrogens with zero attached hydrogens (tertiary/aromatic N) is 1. The average molecular weight is 303 g/mol. The van der Waals surface area contributed by atoms with E-state index in [0.717, 1.165) is 18.9 Å². The number of rotatable bonds is 8. The van der Waals surface area contributed by atoms with Crippen molar-refractivity contribution in [3.8, 4) is 0 Å². The number of nitrogens with one attached hydrogen (secondary N) is 2. The van der Waals surface area contributed by atoms with Crippen molar-refractivity contribution in [2.75, 3.05) is 32.1 Å². The van der Waals surface area contributed by atoms with E-state index in [1.807, 2.05) is 0 Å². The molecule has 0 radical (unpaired) electrons. The fourth-order valence-corrected chi connectivity index (χ4v) is 3.11. The Morgan fingerprint density at radius 1 is 1.15 bits per heavy atom. The molecule has 1 rings (SSSR count). The second kappa shape index (κ2) is 9.21. The summed E-state index contributed by atoms with van der Waals surface area (Å²) in [4.78, 5) is 4.08. The molecule has 1 aliphatic rings. The molecule has 1 aliphatic carbocycles. The molecule has 0 aliphatic heterocycles. The molecule has 118 valence electrons. The first-order valence-electron chi connectivity index (χ1n) is 7.63. The largest absolute Gasteiger partial charge is 0.356 e. The quantitative estimate of drug-likeness (QED) is 0.405. The van der Waals surface area contributed by atoms with Gasteiger partial charge in [0.25, 0.3) is 0 Å².